The molecular formula is C29H36N4O3. The molecule has 0 aromatic heterocycles. The summed E-state index contributed by atoms with van der Waals surface area (Å²) in [5, 5.41) is 12.9. The summed E-state index contributed by atoms with van der Waals surface area (Å²) in [7, 11) is 0. The minimum absolute atomic E-state index is 0.0574. The number of hydrogen-bond donors (Lipinski definition) is 2. The Labute approximate surface area is 213 Å². The van der Waals surface area contributed by atoms with E-state index in [1.807, 2.05) is 47.4 Å². The highest BCUT2D eigenvalue weighted by Crippen LogP contribution is 2.48. The van der Waals surface area contributed by atoms with E-state index in [9.17, 15) is 14.7 Å². The molecule has 0 unspecified atom stereocenters. The molecule has 0 radical (unpaired) electrons. The lowest BCUT2D eigenvalue weighted by Gasteiger charge is -2.39. The van der Waals surface area contributed by atoms with Crippen molar-refractivity contribution in [2.24, 2.45) is 5.41 Å². The number of allylic oxidation sites excluding steroid dienone is 1. The molecule has 1 saturated heterocycles. The van der Waals surface area contributed by atoms with Gasteiger partial charge in [0.15, 0.2) is 5.78 Å². The third kappa shape index (κ3) is 4.90. The van der Waals surface area contributed by atoms with E-state index >= 15 is 0 Å². The lowest BCUT2D eigenvalue weighted by molar-refractivity contribution is -0.131. The number of nitrogens with zero attached hydrogens (tertiary/aromatic N) is 3. The molecule has 7 heteroatoms. The molecule has 2 aromatic carbocycles. The van der Waals surface area contributed by atoms with Gasteiger partial charge in [-0.05, 0) is 29.5 Å². The molecule has 36 heavy (non-hydrogen) atoms. The summed E-state index contributed by atoms with van der Waals surface area (Å²) in [5.74, 6) is 0.201. The van der Waals surface area contributed by atoms with Crippen LogP contribution in [0.3, 0.4) is 0 Å². The minimum atomic E-state index is -0.347. The van der Waals surface area contributed by atoms with Gasteiger partial charge in [-0.2, -0.15) is 0 Å². The molecule has 5 rings (SSSR count). The average Bonchev–Trinajstić information content (AvgIpc) is 2.99. The number of ketones is 1. The number of fused-ring (bicyclic) bond motifs is 1. The van der Waals surface area contributed by atoms with Crippen LogP contribution in [0.4, 0.5) is 11.4 Å². The number of benzene rings is 2. The number of para-hydroxylation sites is 2. The van der Waals surface area contributed by atoms with Crippen molar-refractivity contribution in [3.8, 4) is 0 Å². The van der Waals surface area contributed by atoms with Crippen LogP contribution in [0.25, 0.3) is 0 Å². The number of rotatable bonds is 5. The number of nitrogens with one attached hydrogen (secondary N) is 1. The first-order valence-electron chi connectivity index (χ1n) is 12.9. The van der Waals surface area contributed by atoms with Gasteiger partial charge in [-0.15, -0.1) is 0 Å². The van der Waals surface area contributed by atoms with Crippen molar-refractivity contribution < 1.29 is 14.7 Å². The summed E-state index contributed by atoms with van der Waals surface area (Å²) in [4.78, 5) is 33.6. The molecule has 1 aliphatic carbocycles. The predicted octanol–water partition coefficient (Wildman–Crippen LogP) is 3.44. The van der Waals surface area contributed by atoms with Gasteiger partial charge in [0.2, 0.25) is 5.91 Å². The molecule has 2 aliphatic heterocycles. The number of piperazine rings is 1. The SMILES string of the molecule is CC1(C)CC(=O)C2=C(C1)Nc1ccccc1N(CC(=O)N1CCN(CCO)CC1)[C@@H]2c1ccccc1. The summed E-state index contributed by atoms with van der Waals surface area (Å²) in [6, 6.07) is 17.8. The van der Waals surface area contributed by atoms with E-state index in [1.165, 1.54) is 0 Å². The Kier molecular flexibility index (Phi) is 6.86. The van der Waals surface area contributed by atoms with Crippen molar-refractivity contribution in [1.29, 1.82) is 0 Å². The smallest absolute Gasteiger partial charge is 0.242 e. The van der Waals surface area contributed by atoms with Crippen molar-refractivity contribution in [1.82, 2.24) is 9.80 Å². The van der Waals surface area contributed by atoms with Gasteiger partial charge in [0.05, 0.1) is 30.6 Å². The largest absolute Gasteiger partial charge is 0.395 e. The van der Waals surface area contributed by atoms with Crippen LogP contribution in [0.5, 0.6) is 0 Å². The zero-order chi connectivity index (χ0) is 25.3. The number of Topliss-reactive ketones (excluding diaryl/α,β-unsaturated/α-hetero) is 1. The molecule has 1 amide bonds. The van der Waals surface area contributed by atoms with Crippen LogP contribution in [-0.2, 0) is 9.59 Å². The van der Waals surface area contributed by atoms with Crippen molar-refractivity contribution in [3.63, 3.8) is 0 Å². The lowest BCUT2D eigenvalue weighted by Crippen LogP contribution is -2.52. The first-order valence-corrected chi connectivity index (χ1v) is 12.9. The van der Waals surface area contributed by atoms with Crippen LogP contribution in [0, 0.1) is 5.41 Å². The number of anilines is 2. The Morgan fingerprint density at radius 1 is 1.00 bits per heavy atom. The molecule has 1 fully saturated rings. The van der Waals surface area contributed by atoms with E-state index in [0.717, 1.165) is 47.7 Å². The lowest BCUT2D eigenvalue weighted by atomic mass is 9.73. The zero-order valence-corrected chi connectivity index (χ0v) is 21.2. The first kappa shape index (κ1) is 24.5. The third-order valence-corrected chi connectivity index (χ3v) is 7.57. The van der Waals surface area contributed by atoms with Gasteiger partial charge < -0.3 is 20.2 Å². The van der Waals surface area contributed by atoms with Gasteiger partial charge >= 0.3 is 0 Å². The van der Waals surface area contributed by atoms with Gasteiger partial charge in [0.1, 0.15) is 0 Å². The van der Waals surface area contributed by atoms with E-state index in [-0.39, 0.29) is 36.3 Å². The second-order valence-corrected chi connectivity index (χ2v) is 10.9. The second kappa shape index (κ2) is 10.1. The Hall–Kier alpha value is -3.16. The number of amides is 1. The van der Waals surface area contributed by atoms with E-state index in [0.29, 0.717) is 26.1 Å². The van der Waals surface area contributed by atoms with Gasteiger partial charge in [-0.3, -0.25) is 14.5 Å². The van der Waals surface area contributed by atoms with Crippen molar-refractivity contribution >= 4 is 23.1 Å². The molecule has 2 aromatic rings. The number of hydrogen-bond acceptors (Lipinski definition) is 6. The third-order valence-electron chi connectivity index (χ3n) is 7.57. The molecule has 0 saturated carbocycles. The van der Waals surface area contributed by atoms with Crippen LogP contribution < -0.4 is 10.2 Å². The second-order valence-electron chi connectivity index (χ2n) is 10.9. The van der Waals surface area contributed by atoms with Crippen LogP contribution in [-0.4, -0.2) is 72.5 Å². The number of β-amino-alcohol motifs (C(OH)–C–C–N with tert-alkyl or cyclic N) is 1. The molecular weight excluding hydrogens is 452 g/mol. The molecule has 0 spiro atoms. The topological polar surface area (TPSA) is 76.1 Å². The van der Waals surface area contributed by atoms with Gasteiger partial charge in [0, 0.05) is 50.4 Å². The molecule has 2 N–H and O–H groups in total. The highest BCUT2D eigenvalue weighted by atomic mass is 16.3. The molecule has 2 heterocycles. The summed E-state index contributed by atoms with van der Waals surface area (Å²) in [6.07, 6.45) is 1.27. The Bertz CT molecular complexity index is 1150. The van der Waals surface area contributed by atoms with Crippen molar-refractivity contribution in [2.75, 3.05) is 56.1 Å². The van der Waals surface area contributed by atoms with Gasteiger partial charge in [0.25, 0.3) is 0 Å². The Morgan fingerprint density at radius 3 is 2.42 bits per heavy atom. The standard InChI is InChI=1S/C29H36N4O3/c1-29(2)18-23-27(25(35)19-29)28(21-8-4-3-5-9-21)33(24-11-7-6-10-22(24)30-23)20-26(36)32-14-12-31(13-15-32)16-17-34/h3-11,28,30,34H,12-20H2,1-2H3/t28-/m1/s1. The number of carbonyl (C=O) groups is 2. The van der Waals surface area contributed by atoms with Crippen LogP contribution in [0.15, 0.2) is 65.9 Å². The predicted molar refractivity (Wildman–Crippen MR) is 142 cm³/mol. The summed E-state index contributed by atoms with van der Waals surface area (Å²) >= 11 is 0. The maximum atomic E-state index is 13.7. The van der Waals surface area contributed by atoms with E-state index in [2.05, 4.69) is 41.1 Å². The van der Waals surface area contributed by atoms with Gasteiger partial charge in [-0.1, -0.05) is 56.3 Å². The summed E-state index contributed by atoms with van der Waals surface area (Å²) < 4.78 is 0. The van der Waals surface area contributed by atoms with E-state index in [1.54, 1.807) is 0 Å². The summed E-state index contributed by atoms with van der Waals surface area (Å²) in [5.41, 5.74) is 4.48. The Balaban J connectivity index is 1.55. The maximum absolute atomic E-state index is 13.7. The molecule has 3 aliphatic rings. The van der Waals surface area contributed by atoms with Gasteiger partial charge in [-0.25, -0.2) is 0 Å². The van der Waals surface area contributed by atoms with Crippen LogP contribution >= 0.6 is 0 Å². The molecule has 7 nitrogen and oxygen atoms in total. The fourth-order valence-corrected chi connectivity index (χ4v) is 5.82. The van der Waals surface area contributed by atoms with Crippen LogP contribution in [0.1, 0.15) is 38.3 Å². The Morgan fingerprint density at radius 2 is 1.69 bits per heavy atom. The summed E-state index contributed by atoms with van der Waals surface area (Å²) in [6.45, 7) is 8.04. The highest BCUT2D eigenvalue weighted by Gasteiger charge is 2.42. The van der Waals surface area contributed by atoms with E-state index < -0.39 is 0 Å². The zero-order valence-electron chi connectivity index (χ0n) is 21.2. The fourth-order valence-electron chi connectivity index (χ4n) is 5.82. The minimum Gasteiger partial charge on any atom is -0.395 e. The number of carbonyl (C=O) groups excluding carboxylic acids is 2. The quantitative estimate of drug-likeness (QED) is 0.672. The van der Waals surface area contributed by atoms with Crippen molar-refractivity contribution in [2.45, 2.75) is 32.7 Å². The molecule has 1 atom stereocenters. The molecule has 190 valence electrons. The number of aliphatic hydroxyl groups is 1. The number of aliphatic hydroxyl groups excluding tert-OH is 1. The maximum Gasteiger partial charge on any atom is 0.242 e. The highest BCUT2D eigenvalue weighted by molar-refractivity contribution is 6.01. The normalized spacial score (nSPS) is 22.0. The van der Waals surface area contributed by atoms with E-state index in [4.69, 9.17) is 0 Å². The average molecular weight is 489 g/mol. The monoisotopic (exact) mass is 488 g/mol. The fraction of sp³-hybridized carbons (Fsp3) is 0.448. The van der Waals surface area contributed by atoms with Crippen LogP contribution in [0.2, 0.25) is 0 Å². The van der Waals surface area contributed by atoms with Crippen molar-refractivity contribution in [3.05, 3.63) is 71.4 Å². The first-order chi connectivity index (χ1) is 17.4. The molecule has 0 bridgehead atoms.